The minimum absolute atomic E-state index is 0.0558. The van der Waals surface area contributed by atoms with Crippen LogP contribution in [0.25, 0.3) is 0 Å². The zero-order valence-corrected chi connectivity index (χ0v) is 9.58. The number of H-pyrrole nitrogens is 1. The maximum Gasteiger partial charge on any atom is 0.337 e. The number of carbonyl (C=O) groups is 2. The van der Waals surface area contributed by atoms with Crippen molar-refractivity contribution in [2.75, 3.05) is 5.32 Å². The van der Waals surface area contributed by atoms with Gasteiger partial charge in [0.15, 0.2) is 5.43 Å². The highest BCUT2D eigenvalue weighted by Gasteiger charge is 2.11. The van der Waals surface area contributed by atoms with Crippen molar-refractivity contribution in [1.29, 1.82) is 0 Å². The molecule has 2 aromatic rings. The van der Waals surface area contributed by atoms with E-state index in [2.05, 4.69) is 15.3 Å². The molecule has 0 bridgehead atoms. The molecule has 3 N–H and O–H groups in total. The quantitative estimate of drug-likeness (QED) is 0.751. The molecule has 0 fully saturated rings. The lowest BCUT2D eigenvalue weighted by Crippen LogP contribution is -2.21. The van der Waals surface area contributed by atoms with Crippen LogP contribution in [0.3, 0.4) is 0 Å². The molecule has 2 aromatic heterocycles. The molecular formula is C12H9N3O4. The average molecular weight is 259 g/mol. The van der Waals surface area contributed by atoms with Gasteiger partial charge in [0.2, 0.25) is 0 Å². The summed E-state index contributed by atoms with van der Waals surface area (Å²) >= 11 is 0. The molecule has 0 atom stereocenters. The number of hydrogen-bond donors (Lipinski definition) is 3. The number of aromatic amines is 1. The molecule has 0 unspecified atom stereocenters. The van der Waals surface area contributed by atoms with Crippen LogP contribution in [0, 0.1) is 0 Å². The highest BCUT2D eigenvalue weighted by molar-refractivity contribution is 6.04. The lowest BCUT2D eigenvalue weighted by Gasteiger charge is -2.04. The highest BCUT2D eigenvalue weighted by Crippen LogP contribution is 2.09. The molecule has 0 aliphatic heterocycles. The van der Waals surface area contributed by atoms with Gasteiger partial charge in [-0.2, -0.15) is 0 Å². The fraction of sp³-hybridized carbons (Fsp3) is 0. The Bertz CT molecular complexity index is 693. The summed E-state index contributed by atoms with van der Waals surface area (Å²) in [6, 6.07) is 2.48. The van der Waals surface area contributed by atoms with Gasteiger partial charge in [0.25, 0.3) is 5.91 Å². The number of hydrogen-bond acceptors (Lipinski definition) is 4. The molecule has 19 heavy (non-hydrogen) atoms. The number of nitrogens with one attached hydrogen (secondary N) is 2. The highest BCUT2D eigenvalue weighted by atomic mass is 16.4. The molecule has 7 heteroatoms. The summed E-state index contributed by atoms with van der Waals surface area (Å²) in [6.07, 6.45) is 5.13. The molecule has 1 amide bonds. The molecule has 0 saturated carbocycles. The smallest absolute Gasteiger partial charge is 0.337 e. The second kappa shape index (κ2) is 5.13. The predicted octanol–water partition coefficient (Wildman–Crippen LogP) is 0.720. The summed E-state index contributed by atoms with van der Waals surface area (Å²) in [7, 11) is 0. The number of carbonyl (C=O) groups excluding carboxylic acids is 1. The van der Waals surface area contributed by atoms with E-state index >= 15 is 0 Å². The number of aromatic nitrogens is 2. The Labute approximate surface area is 106 Å². The molecule has 7 nitrogen and oxygen atoms in total. The fourth-order valence-corrected chi connectivity index (χ4v) is 1.42. The summed E-state index contributed by atoms with van der Waals surface area (Å²) in [4.78, 5) is 40.3. The van der Waals surface area contributed by atoms with Crippen molar-refractivity contribution in [3.05, 3.63) is 58.3 Å². The first-order valence-electron chi connectivity index (χ1n) is 5.25. The third-order valence-electron chi connectivity index (χ3n) is 2.31. The van der Waals surface area contributed by atoms with Crippen molar-refractivity contribution < 1.29 is 14.7 Å². The first kappa shape index (κ1) is 12.5. The lowest BCUT2D eigenvalue weighted by molar-refractivity contribution is 0.0696. The van der Waals surface area contributed by atoms with Crippen molar-refractivity contribution in [2.24, 2.45) is 0 Å². The number of amides is 1. The van der Waals surface area contributed by atoms with Crippen molar-refractivity contribution in [2.45, 2.75) is 0 Å². The maximum atomic E-state index is 11.8. The number of anilines is 1. The molecule has 0 aliphatic carbocycles. The molecule has 2 heterocycles. The Kier molecular flexibility index (Phi) is 3.37. The van der Waals surface area contributed by atoms with Crippen LogP contribution in [-0.4, -0.2) is 27.0 Å². The van der Waals surface area contributed by atoms with Gasteiger partial charge in [-0.15, -0.1) is 0 Å². The number of carboxylic acids is 1. The van der Waals surface area contributed by atoms with Crippen LogP contribution in [0.4, 0.5) is 5.69 Å². The van der Waals surface area contributed by atoms with E-state index in [9.17, 15) is 14.4 Å². The summed E-state index contributed by atoms with van der Waals surface area (Å²) in [5.74, 6) is -1.78. The van der Waals surface area contributed by atoms with Crippen LogP contribution < -0.4 is 10.7 Å². The van der Waals surface area contributed by atoms with E-state index in [0.717, 1.165) is 6.20 Å². The third-order valence-corrected chi connectivity index (χ3v) is 2.31. The number of aromatic carboxylic acids is 1. The van der Waals surface area contributed by atoms with Gasteiger partial charge in [0, 0.05) is 24.7 Å². The van der Waals surface area contributed by atoms with E-state index in [0.29, 0.717) is 0 Å². The van der Waals surface area contributed by atoms with Gasteiger partial charge in [-0.05, 0) is 6.07 Å². The summed E-state index contributed by atoms with van der Waals surface area (Å²) in [5, 5.41) is 11.2. The molecule has 0 aliphatic rings. The van der Waals surface area contributed by atoms with Gasteiger partial charge >= 0.3 is 5.97 Å². The normalized spacial score (nSPS) is 9.89. The van der Waals surface area contributed by atoms with Crippen molar-refractivity contribution in [3.63, 3.8) is 0 Å². The maximum absolute atomic E-state index is 11.8. The Morgan fingerprint density at radius 3 is 2.79 bits per heavy atom. The number of pyridine rings is 2. The van der Waals surface area contributed by atoms with Crippen molar-refractivity contribution in [3.8, 4) is 0 Å². The van der Waals surface area contributed by atoms with E-state index < -0.39 is 17.3 Å². The van der Waals surface area contributed by atoms with E-state index in [1.54, 1.807) is 0 Å². The van der Waals surface area contributed by atoms with E-state index in [4.69, 9.17) is 5.11 Å². The van der Waals surface area contributed by atoms with E-state index in [1.807, 2.05) is 0 Å². The lowest BCUT2D eigenvalue weighted by atomic mass is 10.2. The van der Waals surface area contributed by atoms with Gasteiger partial charge in [-0.3, -0.25) is 14.6 Å². The van der Waals surface area contributed by atoms with Gasteiger partial charge in [-0.25, -0.2) is 4.79 Å². The van der Waals surface area contributed by atoms with Crippen LogP contribution in [-0.2, 0) is 0 Å². The molecule has 0 saturated heterocycles. The molecule has 0 spiro atoms. The topological polar surface area (TPSA) is 112 Å². The summed E-state index contributed by atoms with van der Waals surface area (Å²) in [5.41, 5.74) is -0.352. The standard InChI is InChI=1S/C12H9N3O4/c16-10-1-2-13-6-9(10)11(17)15-8-3-7(12(18)19)4-14-5-8/h1-6H,(H,13,16)(H,15,17)(H,18,19). The summed E-state index contributed by atoms with van der Waals surface area (Å²) in [6.45, 7) is 0. The molecule has 0 radical (unpaired) electrons. The number of carboxylic acid groups (broad SMARTS) is 1. The van der Waals surface area contributed by atoms with E-state index in [1.165, 1.54) is 30.7 Å². The molecule has 2 rings (SSSR count). The van der Waals surface area contributed by atoms with Crippen molar-refractivity contribution >= 4 is 17.6 Å². The zero-order chi connectivity index (χ0) is 13.8. The van der Waals surface area contributed by atoms with Crippen LogP contribution in [0.15, 0.2) is 41.7 Å². The first-order chi connectivity index (χ1) is 9.08. The summed E-state index contributed by atoms with van der Waals surface area (Å²) < 4.78 is 0. The fourth-order valence-electron chi connectivity index (χ4n) is 1.42. The average Bonchev–Trinajstić information content (AvgIpc) is 2.39. The Hall–Kier alpha value is -2.96. The Morgan fingerprint density at radius 1 is 1.32 bits per heavy atom. The number of nitrogens with zero attached hydrogens (tertiary/aromatic N) is 1. The zero-order valence-electron chi connectivity index (χ0n) is 9.58. The Morgan fingerprint density at radius 2 is 2.11 bits per heavy atom. The second-order valence-corrected chi connectivity index (χ2v) is 3.64. The van der Waals surface area contributed by atoms with Crippen LogP contribution in [0.1, 0.15) is 20.7 Å². The Balaban J connectivity index is 2.25. The monoisotopic (exact) mass is 259 g/mol. The van der Waals surface area contributed by atoms with Gasteiger partial charge in [0.1, 0.15) is 5.56 Å². The van der Waals surface area contributed by atoms with Gasteiger partial charge in [-0.1, -0.05) is 0 Å². The second-order valence-electron chi connectivity index (χ2n) is 3.64. The van der Waals surface area contributed by atoms with Crippen LogP contribution in [0.5, 0.6) is 0 Å². The molecule has 0 aromatic carbocycles. The van der Waals surface area contributed by atoms with E-state index in [-0.39, 0.29) is 16.8 Å². The molecule has 96 valence electrons. The van der Waals surface area contributed by atoms with Crippen LogP contribution >= 0.6 is 0 Å². The third kappa shape index (κ3) is 2.83. The largest absolute Gasteiger partial charge is 0.478 e. The van der Waals surface area contributed by atoms with Gasteiger partial charge < -0.3 is 15.4 Å². The minimum Gasteiger partial charge on any atom is -0.478 e. The van der Waals surface area contributed by atoms with Gasteiger partial charge in [0.05, 0.1) is 17.4 Å². The van der Waals surface area contributed by atoms with Crippen LogP contribution in [0.2, 0.25) is 0 Å². The minimum atomic E-state index is -1.15. The molecular weight excluding hydrogens is 250 g/mol. The first-order valence-corrected chi connectivity index (χ1v) is 5.25. The SMILES string of the molecule is O=C(O)c1cncc(NC(=O)c2c[nH]ccc2=O)c1. The number of rotatable bonds is 3. The predicted molar refractivity (Wildman–Crippen MR) is 66.2 cm³/mol. The van der Waals surface area contributed by atoms with Crippen molar-refractivity contribution in [1.82, 2.24) is 9.97 Å².